The summed E-state index contributed by atoms with van der Waals surface area (Å²) in [5.74, 6) is 0.471. The number of non-ortho nitro benzene ring substituents is 1. The van der Waals surface area contributed by atoms with Crippen molar-refractivity contribution in [3.8, 4) is 11.5 Å². The third kappa shape index (κ3) is 2.06. The summed E-state index contributed by atoms with van der Waals surface area (Å²) in [6, 6.07) is 12.2. The van der Waals surface area contributed by atoms with Gasteiger partial charge < -0.3 is 4.42 Å². The topological polar surface area (TPSA) is 69.2 Å². The molecule has 5 nitrogen and oxygen atoms in total. The van der Waals surface area contributed by atoms with Crippen molar-refractivity contribution < 1.29 is 9.34 Å². The summed E-state index contributed by atoms with van der Waals surface area (Å²) in [4.78, 5) is 14.6. The number of hydrogen-bond donors (Lipinski definition) is 0. The van der Waals surface area contributed by atoms with E-state index in [-0.39, 0.29) is 5.69 Å². The lowest BCUT2D eigenvalue weighted by atomic mass is 10.1. The van der Waals surface area contributed by atoms with Crippen molar-refractivity contribution in [2.75, 3.05) is 0 Å². The van der Waals surface area contributed by atoms with Crippen LogP contribution in [0, 0.1) is 17.0 Å². The van der Waals surface area contributed by atoms with Crippen LogP contribution in [0.3, 0.4) is 0 Å². The van der Waals surface area contributed by atoms with Crippen LogP contribution in [0.2, 0.25) is 0 Å². The highest BCUT2D eigenvalue weighted by Crippen LogP contribution is 2.27. The van der Waals surface area contributed by atoms with Crippen LogP contribution in [0.15, 0.2) is 46.9 Å². The summed E-state index contributed by atoms with van der Waals surface area (Å²) < 4.78 is 5.58. The van der Waals surface area contributed by atoms with Crippen LogP contribution in [-0.2, 0) is 0 Å². The van der Waals surface area contributed by atoms with Gasteiger partial charge in [-0.2, -0.15) is 0 Å². The van der Waals surface area contributed by atoms with Gasteiger partial charge in [0.1, 0.15) is 5.52 Å². The van der Waals surface area contributed by atoms with Gasteiger partial charge in [-0.15, -0.1) is 0 Å². The van der Waals surface area contributed by atoms with E-state index in [9.17, 15) is 10.1 Å². The van der Waals surface area contributed by atoms with Crippen LogP contribution in [0.4, 0.5) is 5.69 Å². The molecule has 0 aliphatic carbocycles. The van der Waals surface area contributed by atoms with E-state index in [1.54, 1.807) is 6.07 Å². The first kappa shape index (κ1) is 11.4. The summed E-state index contributed by atoms with van der Waals surface area (Å²) >= 11 is 0. The maximum atomic E-state index is 10.7. The molecular formula is C14H10N2O3. The van der Waals surface area contributed by atoms with Crippen molar-refractivity contribution in [1.82, 2.24) is 4.98 Å². The smallest absolute Gasteiger partial charge is 0.273 e. The number of benzene rings is 2. The maximum Gasteiger partial charge on any atom is 0.273 e. The molecule has 0 N–H and O–H groups in total. The fraction of sp³-hybridized carbons (Fsp3) is 0.0714. The second-order valence-electron chi connectivity index (χ2n) is 4.30. The molecule has 0 bridgehead atoms. The number of fused-ring (bicyclic) bond motifs is 1. The lowest BCUT2D eigenvalue weighted by Crippen LogP contribution is -1.86. The minimum absolute atomic E-state index is 0.000516. The molecule has 0 atom stereocenters. The number of nitro groups is 1. The molecule has 5 heteroatoms. The zero-order valence-electron chi connectivity index (χ0n) is 10.2. The highest BCUT2D eigenvalue weighted by Gasteiger charge is 2.12. The molecule has 0 aliphatic heterocycles. The number of oxazole rings is 1. The number of nitrogens with zero attached hydrogens (tertiary/aromatic N) is 2. The maximum absolute atomic E-state index is 10.7. The number of aryl methyl sites for hydroxylation is 1. The zero-order chi connectivity index (χ0) is 13.4. The van der Waals surface area contributed by atoms with Gasteiger partial charge in [0.2, 0.25) is 5.89 Å². The third-order valence-corrected chi connectivity index (χ3v) is 2.85. The predicted octanol–water partition coefficient (Wildman–Crippen LogP) is 3.71. The first-order chi connectivity index (χ1) is 9.13. The molecule has 0 unspecified atom stereocenters. The Morgan fingerprint density at radius 1 is 1.21 bits per heavy atom. The Balaban J connectivity index is 2.14. The molecule has 0 amide bonds. The normalized spacial score (nSPS) is 10.8. The Morgan fingerprint density at radius 3 is 2.79 bits per heavy atom. The fourth-order valence-corrected chi connectivity index (χ4v) is 1.93. The van der Waals surface area contributed by atoms with Crippen LogP contribution in [0.1, 0.15) is 5.56 Å². The molecule has 0 fully saturated rings. The van der Waals surface area contributed by atoms with Gasteiger partial charge in [-0.05, 0) is 25.1 Å². The summed E-state index contributed by atoms with van der Waals surface area (Å²) in [5.41, 5.74) is 3.00. The molecular weight excluding hydrogens is 244 g/mol. The van der Waals surface area contributed by atoms with Gasteiger partial charge in [-0.3, -0.25) is 10.1 Å². The monoisotopic (exact) mass is 254 g/mol. The van der Waals surface area contributed by atoms with E-state index < -0.39 is 4.92 Å². The van der Waals surface area contributed by atoms with Crippen molar-refractivity contribution in [1.29, 1.82) is 0 Å². The second kappa shape index (κ2) is 4.20. The van der Waals surface area contributed by atoms with E-state index in [1.165, 1.54) is 12.1 Å². The fourth-order valence-electron chi connectivity index (χ4n) is 1.93. The van der Waals surface area contributed by atoms with Gasteiger partial charge in [0.05, 0.1) is 11.0 Å². The van der Waals surface area contributed by atoms with Crippen LogP contribution in [0.25, 0.3) is 22.6 Å². The summed E-state index contributed by atoms with van der Waals surface area (Å²) in [6.07, 6.45) is 0. The average Bonchev–Trinajstić information content (AvgIpc) is 2.81. The average molecular weight is 254 g/mol. The molecule has 19 heavy (non-hydrogen) atoms. The molecule has 0 saturated carbocycles. The number of nitro benzene ring substituents is 1. The molecule has 2 aromatic carbocycles. The van der Waals surface area contributed by atoms with E-state index in [2.05, 4.69) is 4.98 Å². The van der Waals surface area contributed by atoms with E-state index in [1.807, 2.05) is 31.2 Å². The number of hydrogen-bond acceptors (Lipinski definition) is 4. The Bertz CT molecular complexity index is 777. The van der Waals surface area contributed by atoms with Gasteiger partial charge in [-0.1, -0.05) is 17.7 Å². The second-order valence-corrected chi connectivity index (χ2v) is 4.30. The highest BCUT2D eigenvalue weighted by molar-refractivity contribution is 5.78. The SMILES string of the molecule is Cc1cccc(-c2nc3ccc([N+](=O)[O-])cc3o2)c1. The largest absolute Gasteiger partial charge is 0.436 e. The van der Waals surface area contributed by atoms with E-state index in [4.69, 9.17) is 4.42 Å². The van der Waals surface area contributed by atoms with Crippen molar-refractivity contribution in [3.05, 3.63) is 58.1 Å². The summed E-state index contributed by atoms with van der Waals surface area (Å²) in [6.45, 7) is 1.98. The van der Waals surface area contributed by atoms with Gasteiger partial charge in [-0.25, -0.2) is 4.98 Å². The molecule has 0 saturated heterocycles. The van der Waals surface area contributed by atoms with Gasteiger partial charge >= 0.3 is 0 Å². The van der Waals surface area contributed by atoms with Crippen molar-refractivity contribution in [2.45, 2.75) is 6.92 Å². The lowest BCUT2D eigenvalue weighted by Gasteiger charge is -1.95. The zero-order valence-corrected chi connectivity index (χ0v) is 10.2. The standard InChI is InChI=1S/C14H10N2O3/c1-9-3-2-4-10(7-9)14-15-12-6-5-11(16(17)18)8-13(12)19-14/h2-8H,1H3. The molecule has 1 aromatic heterocycles. The Morgan fingerprint density at radius 2 is 2.05 bits per heavy atom. The first-order valence-corrected chi connectivity index (χ1v) is 5.75. The minimum atomic E-state index is -0.450. The number of rotatable bonds is 2. The van der Waals surface area contributed by atoms with Gasteiger partial charge in [0.25, 0.3) is 5.69 Å². The molecule has 0 radical (unpaired) electrons. The molecule has 1 heterocycles. The van der Waals surface area contributed by atoms with Crippen LogP contribution in [-0.4, -0.2) is 9.91 Å². The van der Waals surface area contributed by atoms with Crippen LogP contribution in [0.5, 0.6) is 0 Å². The quantitative estimate of drug-likeness (QED) is 0.516. The van der Waals surface area contributed by atoms with E-state index in [0.29, 0.717) is 17.0 Å². The molecule has 94 valence electrons. The molecule has 0 aliphatic rings. The Hall–Kier alpha value is -2.69. The Kier molecular flexibility index (Phi) is 2.52. The van der Waals surface area contributed by atoms with Gasteiger partial charge in [0, 0.05) is 11.6 Å². The van der Waals surface area contributed by atoms with Gasteiger partial charge in [0.15, 0.2) is 5.58 Å². The van der Waals surface area contributed by atoms with Crippen molar-refractivity contribution in [2.24, 2.45) is 0 Å². The van der Waals surface area contributed by atoms with Crippen LogP contribution >= 0.6 is 0 Å². The molecule has 3 aromatic rings. The van der Waals surface area contributed by atoms with Crippen molar-refractivity contribution in [3.63, 3.8) is 0 Å². The molecule has 3 rings (SSSR count). The minimum Gasteiger partial charge on any atom is -0.436 e. The molecule has 0 spiro atoms. The first-order valence-electron chi connectivity index (χ1n) is 5.75. The lowest BCUT2D eigenvalue weighted by molar-refractivity contribution is -0.384. The van der Waals surface area contributed by atoms with Crippen LogP contribution < -0.4 is 0 Å². The van der Waals surface area contributed by atoms with Crippen molar-refractivity contribution >= 4 is 16.8 Å². The van der Waals surface area contributed by atoms with E-state index in [0.717, 1.165) is 11.1 Å². The Labute approximate surface area is 108 Å². The van der Waals surface area contributed by atoms with E-state index >= 15 is 0 Å². The summed E-state index contributed by atoms with van der Waals surface area (Å²) in [7, 11) is 0. The predicted molar refractivity (Wildman–Crippen MR) is 70.8 cm³/mol. The highest BCUT2D eigenvalue weighted by atomic mass is 16.6. The number of aromatic nitrogens is 1. The summed E-state index contributed by atoms with van der Waals surface area (Å²) in [5, 5.41) is 10.7. The third-order valence-electron chi connectivity index (χ3n) is 2.85.